The minimum Gasteiger partial charge on any atom is -0.489 e. The second kappa shape index (κ2) is 7.83. The molecule has 0 aliphatic carbocycles. The lowest BCUT2D eigenvalue weighted by molar-refractivity contribution is 0.306. The third-order valence-corrected chi connectivity index (χ3v) is 4.43. The standard InChI is InChI=1S/C24H21NO2/c25-23-14-20-11-12-22(26-16-18-7-3-1-4-8-18)13-21(20)15-24(23)27-17-19-9-5-2-6-10-19/h1-15H,16-17,25H2. The zero-order chi connectivity index (χ0) is 18.5. The van der Waals surface area contributed by atoms with Gasteiger partial charge in [0.1, 0.15) is 24.7 Å². The lowest BCUT2D eigenvalue weighted by atomic mass is 10.1. The minimum absolute atomic E-state index is 0.487. The van der Waals surface area contributed by atoms with Gasteiger partial charge in [-0.05, 0) is 46.2 Å². The molecule has 4 aromatic rings. The van der Waals surface area contributed by atoms with E-state index in [0.29, 0.717) is 24.7 Å². The molecule has 0 aliphatic heterocycles. The Bertz CT molecular complexity index is 1030. The molecule has 0 aliphatic rings. The number of hydrogen-bond donors (Lipinski definition) is 1. The number of benzene rings is 4. The largest absolute Gasteiger partial charge is 0.489 e. The summed E-state index contributed by atoms with van der Waals surface area (Å²) in [6.45, 7) is 1.03. The third-order valence-electron chi connectivity index (χ3n) is 4.43. The van der Waals surface area contributed by atoms with Crippen LogP contribution in [0.4, 0.5) is 5.69 Å². The lowest BCUT2D eigenvalue weighted by Gasteiger charge is -2.12. The second-order valence-corrected chi connectivity index (χ2v) is 6.45. The van der Waals surface area contributed by atoms with Crippen LogP contribution in [0.2, 0.25) is 0 Å². The molecule has 0 radical (unpaired) electrons. The van der Waals surface area contributed by atoms with E-state index in [0.717, 1.165) is 27.6 Å². The van der Waals surface area contributed by atoms with Crippen molar-refractivity contribution in [2.75, 3.05) is 5.73 Å². The summed E-state index contributed by atoms with van der Waals surface area (Å²) in [4.78, 5) is 0. The van der Waals surface area contributed by atoms with Gasteiger partial charge < -0.3 is 15.2 Å². The number of nitrogens with two attached hydrogens (primary N) is 1. The number of ether oxygens (including phenoxy) is 2. The summed E-state index contributed by atoms with van der Waals surface area (Å²) in [6.07, 6.45) is 0. The zero-order valence-corrected chi connectivity index (χ0v) is 15.0. The molecule has 3 heteroatoms. The van der Waals surface area contributed by atoms with E-state index in [4.69, 9.17) is 15.2 Å². The third kappa shape index (κ3) is 4.21. The Morgan fingerprint density at radius 2 is 1.22 bits per heavy atom. The van der Waals surface area contributed by atoms with Gasteiger partial charge in [-0.3, -0.25) is 0 Å². The Hall–Kier alpha value is -3.46. The van der Waals surface area contributed by atoms with Crippen LogP contribution in [0.3, 0.4) is 0 Å². The van der Waals surface area contributed by atoms with Gasteiger partial charge in [0.25, 0.3) is 0 Å². The summed E-state index contributed by atoms with van der Waals surface area (Å²) >= 11 is 0. The normalized spacial score (nSPS) is 10.7. The Morgan fingerprint density at radius 1 is 0.593 bits per heavy atom. The first-order valence-electron chi connectivity index (χ1n) is 8.95. The van der Waals surface area contributed by atoms with Gasteiger partial charge in [-0.2, -0.15) is 0 Å². The highest BCUT2D eigenvalue weighted by atomic mass is 16.5. The van der Waals surface area contributed by atoms with Gasteiger partial charge in [0, 0.05) is 0 Å². The maximum atomic E-state index is 6.17. The smallest absolute Gasteiger partial charge is 0.143 e. The van der Waals surface area contributed by atoms with E-state index in [9.17, 15) is 0 Å². The van der Waals surface area contributed by atoms with Gasteiger partial charge in [0.05, 0.1) is 5.69 Å². The lowest BCUT2D eigenvalue weighted by Crippen LogP contribution is -1.99. The molecule has 2 N–H and O–H groups in total. The Balaban J connectivity index is 1.52. The molecule has 0 heterocycles. The van der Waals surface area contributed by atoms with Crippen LogP contribution in [0, 0.1) is 0 Å². The Labute approximate surface area is 159 Å². The van der Waals surface area contributed by atoms with Crippen molar-refractivity contribution in [3.05, 3.63) is 102 Å². The van der Waals surface area contributed by atoms with Crippen molar-refractivity contribution in [2.45, 2.75) is 13.2 Å². The minimum atomic E-state index is 0.487. The summed E-state index contributed by atoms with van der Waals surface area (Å²) in [5.74, 6) is 1.51. The van der Waals surface area contributed by atoms with E-state index in [2.05, 4.69) is 12.1 Å². The molecule has 0 spiro atoms. The fourth-order valence-corrected chi connectivity index (χ4v) is 2.96. The first-order chi connectivity index (χ1) is 13.3. The Morgan fingerprint density at radius 3 is 1.89 bits per heavy atom. The highest BCUT2D eigenvalue weighted by molar-refractivity contribution is 5.89. The van der Waals surface area contributed by atoms with Crippen LogP contribution in [0.1, 0.15) is 11.1 Å². The van der Waals surface area contributed by atoms with Gasteiger partial charge >= 0.3 is 0 Å². The summed E-state index contributed by atoms with van der Waals surface area (Å²) in [5, 5.41) is 2.10. The zero-order valence-electron chi connectivity index (χ0n) is 15.0. The van der Waals surface area contributed by atoms with E-state index in [1.54, 1.807) is 0 Å². The average molecular weight is 355 g/mol. The van der Waals surface area contributed by atoms with Crippen LogP contribution in [-0.2, 0) is 13.2 Å². The molecule has 134 valence electrons. The van der Waals surface area contributed by atoms with Crippen LogP contribution in [0.15, 0.2) is 91.0 Å². The SMILES string of the molecule is Nc1cc2ccc(OCc3ccccc3)cc2cc1OCc1ccccc1. The quantitative estimate of drug-likeness (QED) is 0.459. The van der Waals surface area contributed by atoms with Crippen molar-refractivity contribution in [1.82, 2.24) is 0 Å². The van der Waals surface area contributed by atoms with Gasteiger partial charge in [0.2, 0.25) is 0 Å². The maximum Gasteiger partial charge on any atom is 0.143 e. The number of rotatable bonds is 6. The molecular weight excluding hydrogens is 334 g/mol. The molecule has 0 fully saturated rings. The highest BCUT2D eigenvalue weighted by Crippen LogP contribution is 2.31. The Kier molecular flexibility index (Phi) is 4.93. The average Bonchev–Trinajstić information content (AvgIpc) is 2.72. The first-order valence-corrected chi connectivity index (χ1v) is 8.95. The fraction of sp³-hybridized carbons (Fsp3) is 0.0833. The summed E-state index contributed by atoms with van der Waals surface area (Å²) in [7, 11) is 0. The van der Waals surface area contributed by atoms with Gasteiger partial charge in [-0.1, -0.05) is 66.7 Å². The van der Waals surface area contributed by atoms with Crippen LogP contribution >= 0.6 is 0 Å². The van der Waals surface area contributed by atoms with E-state index in [-0.39, 0.29) is 0 Å². The van der Waals surface area contributed by atoms with Crippen molar-refractivity contribution >= 4 is 16.5 Å². The summed E-state index contributed by atoms with van der Waals surface area (Å²) in [6, 6.07) is 30.1. The van der Waals surface area contributed by atoms with Gasteiger partial charge in [-0.15, -0.1) is 0 Å². The van der Waals surface area contributed by atoms with Crippen molar-refractivity contribution < 1.29 is 9.47 Å². The number of nitrogen functional groups attached to an aromatic ring is 1. The molecule has 4 rings (SSSR count). The van der Waals surface area contributed by atoms with E-state index < -0.39 is 0 Å². The van der Waals surface area contributed by atoms with Crippen molar-refractivity contribution in [3.8, 4) is 11.5 Å². The maximum absolute atomic E-state index is 6.17. The van der Waals surface area contributed by atoms with Crippen LogP contribution in [0.25, 0.3) is 10.8 Å². The monoisotopic (exact) mass is 355 g/mol. The fourth-order valence-electron chi connectivity index (χ4n) is 2.96. The molecule has 0 saturated carbocycles. The molecule has 0 saturated heterocycles. The summed E-state index contributed by atoms with van der Waals surface area (Å²) < 4.78 is 11.9. The topological polar surface area (TPSA) is 44.5 Å². The van der Waals surface area contributed by atoms with Crippen LogP contribution < -0.4 is 15.2 Å². The number of fused-ring (bicyclic) bond motifs is 1. The molecule has 0 aromatic heterocycles. The molecule has 27 heavy (non-hydrogen) atoms. The molecule has 0 unspecified atom stereocenters. The molecule has 0 bridgehead atoms. The van der Waals surface area contributed by atoms with Crippen LogP contribution in [-0.4, -0.2) is 0 Å². The van der Waals surface area contributed by atoms with Crippen molar-refractivity contribution in [1.29, 1.82) is 0 Å². The predicted octanol–water partition coefficient (Wildman–Crippen LogP) is 5.58. The first kappa shape index (κ1) is 17.0. The number of hydrogen-bond acceptors (Lipinski definition) is 3. The molecule has 0 amide bonds. The molecule has 3 nitrogen and oxygen atoms in total. The number of anilines is 1. The summed E-state index contributed by atoms with van der Waals surface area (Å²) in [5.41, 5.74) is 9.05. The van der Waals surface area contributed by atoms with E-state index in [1.807, 2.05) is 78.9 Å². The molecule has 4 aromatic carbocycles. The predicted molar refractivity (Wildman–Crippen MR) is 110 cm³/mol. The van der Waals surface area contributed by atoms with Crippen molar-refractivity contribution in [2.24, 2.45) is 0 Å². The molecular formula is C24H21NO2. The second-order valence-electron chi connectivity index (χ2n) is 6.45. The highest BCUT2D eigenvalue weighted by Gasteiger charge is 2.06. The van der Waals surface area contributed by atoms with Crippen molar-refractivity contribution in [3.63, 3.8) is 0 Å². The van der Waals surface area contributed by atoms with Crippen LogP contribution in [0.5, 0.6) is 11.5 Å². The molecule has 0 atom stereocenters. The van der Waals surface area contributed by atoms with E-state index in [1.165, 1.54) is 0 Å². The van der Waals surface area contributed by atoms with Gasteiger partial charge in [-0.25, -0.2) is 0 Å². The van der Waals surface area contributed by atoms with E-state index >= 15 is 0 Å². The van der Waals surface area contributed by atoms with Gasteiger partial charge in [0.15, 0.2) is 0 Å².